The molecule has 4 rings (SSSR count). The minimum atomic E-state index is -0.368. The fourth-order valence-electron chi connectivity index (χ4n) is 2.83. The second-order valence-corrected chi connectivity index (χ2v) is 6.29. The van der Waals surface area contributed by atoms with Gasteiger partial charge < -0.3 is 10.6 Å². The molecule has 4 aromatic rings. The van der Waals surface area contributed by atoms with Crippen LogP contribution in [0.5, 0.6) is 0 Å². The Kier molecular flexibility index (Phi) is 4.68. The highest BCUT2D eigenvalue weighted by atomic mass is 35.5. The Hall–Kier alpha value is -3.44. The first-order valence-corrected chi connectivity index (χ1v) is 8.71. The Morgan fingerprint density at radius 2 is 1.67 bits per heavy atom. The zero-order valence-corrected chi connectivity index (χ0v) is 14.9. The topological polar surface area (TPSA) is 66.9 Å². The maximum Gasteiger partial charge on any atom is 0.323 e. The van der Waals surface area contributed by atoms with E-state index in [0.29, 0.717) is 16.4 Å². The molecule has 0 spiro atoms. The molecule has 0 saturated carbocycles. The van der Waals surface area contributed by atoms with Crippen LogP contribution in [0.3, 0.4) is 0 Å². The number of carbonyl (C=O) groups excluding carboxylic acids is 1. The third-order valence-electron chi connectivity index (χ3n) is 4.06. The zero-order valence-electron chi connectivity index (χ0n) is 14.2. The number of halogens is 1. The molecule has 5 nitrogen and oxygen atoms in total. The van der Waals surface area contributed by atoms with E-state index in [-0.39, 0.29) is 6.03 Å². The molecule has 0 radical (unpaired) electrons. The van der Waals surface area contributed by atoms with Gasteiger partial charge in [-0.3, -0.25) is 0 Å². The fourth-order valence-corrected chi connectivity index (χ4v) is 3.01. The number of nitrogens with one attached hydrogen (secondary N) is 2. The lowest BCUT2D eigenvalue weighted by molar-refractivity contribution is 0.262. The summed E-state index contributed by atoms with van der Waals surface area (Å²) in [6.45, 7) is 0. The first-order chi connectivity index (χ1) is 13.2. The highest BCUT2D eigenvalue weighted by molar-refractivity contribution is 6.33. The number of hydrogen-bond acceptors (Lipinski definition) is 3. The Morgan fingerprint density at radius 1 is 0.852 bits per heavy atom. The molecule has 3 aromatic carbocycles. The van der Waals surface area contributed by atoms with Crippen molar-refractivity contribution in [2.75, 3.05) is 10.6 Å². The quantitative estimate of drug-likeness (QED) is 0.491. The van der Waals surface area contributed by atoms with E-state index in [9.17, 15) is 4.79 Å². The van der Waals surface area contributed by atoms with Crippen LogP contribution in [0.15, 0.2) is 79.1 Å². The van der Waals surface area contributed by atoms with Gasteiger partial charge in [0.15, 0.2) is 0 Å². The first kappa shape index (κ1) is 17.0. The van der Waals surface area contributed by atoms with Crippen LogP contribution in [0.4, 0.5) is 16.2 Å². The molecule has 0 fully saturated rings. The fraction of sp³-hybridized carbons (Fsp3) is 0. The molecule has 0 aliphatic carbocycles. The van der Waals surface area contributed by atoms with Gasteiger partial charge in [-0.15, -0.1) is 0 Å². The van der Waals surface area contributed by atoms with E-state index in [2.05, 4.69) is 20.6 Å². The second-order valence-electron chi connectivity index (χ2n) is 5.88. The molecule has 2 N–H and O–H groups in total. The smallest absolute Gasteiger partial charge is 0.308 e. The number of aromatic nitrogens is 2. The van der Waals surface area contributed by atoms with Crippen LogP contribution in [0.1, 0.15) is 0 Å². The Morgan fingerprint density at radius 3 is 2.56 bits per heavy atom. The van der Waals surface area contributed by atoms with Crippen LogP contribution in [0, 0.1) is 0 Å². The van der Waals surface area contributed by atoms with Crippen molar-refractivity contribution in [3.05, 3.63) is 84.1 Å². The van der Waals surface area contributed by atoms with Gasteiger partial charge in [0.25, 0.3) is 0 Å². The molecule has 132 valence electrons. The highest BCUT2D eigenvalue weighted by Crippen LogP contribution is 2.27. The number of benzene rings is 3. The number of hydrogen-bond donors (Lipinski definition) is 2. The summed E-state index contributed by atoms with van der Waals surface area (Å²) in [7, 11) is 0. The molecular weight excluding hydrogens is 360 g/mol. The number of anilines is 2. The van der Waals surface area contributed by atoms with Crippen molar-refractivity contribution in [1.29, 1.82) is 0 Å². The van der Waals surface area contributed by atoms with Crippen LogP contribution in [0.2, 0.25) is 5.02 Å². The van der Waals surface area contributed by atoms with E-state index in [4.69, 9.17) is 11.6 Å². The van der Waals surface area contributed by atoms with Gasteiger partial charge in [0.05, 0.1) is 21.9 Å². The predicted octanol–water partition coefficient (Wildman–Crippen LogP) is 5.59. The number of fused-ring (bicyclic) bond motifs is 1. The zero-order chi connectivity index (χ0) is 18.6. The Bertz CT molecular complexity index is 1120. The lowest BCUT2D eigenvalue weighted by Crippen LogP contribution is -2.19. The van der Waals surface area contributed by atoms with Crippen molar-refractivity contribution in [2.45, 2.75) is 0 Å². The molecule has 0 aliphatic heterocycles. The second kappa shape index (κ2) is 7.43. The van der Waals surface area contributed by atoms with Crippen molar-refractivity contribution < 1.29 is 4.79 Å². The van der Waals surface area contributed by atoms with Gasteiger partial charge in [-0.25, -0.2) is 14.8 Å². The van der Waals surface area contributed by atoms with E-state index in [1.165, 1.54) is 0 Å². The minimum absolute atomic E-state index is 0.368. The van der Waals surface area contributed by atoms with Crippen molar-refractivity contribution in [2.24, 2.45) is 0 Å². The number of urea groups is 1. The summed E-state index contributed by atoms with van der Waals surface area (Å²) in [4.78, 5) is 21.0. The van der Waals surface area contributed by atoms with Gasteiger partial charge in [-0.2, -0.15) is 0 Å². The summed E-state index contributed by atoms with van der Waals surface area (Å²) in [5.41, 5.74) is 3.78. The average molecular weight is 375 g/mol. The van der Waals surface area contributed by atoms with E-state index in [1.54, 1.807) is 24.5 Å². The lowest BCUT2D eigenvalue weighted by atomic mass is 10.1. The van der Waals surface area contributed by atoms with Gasteiger partial charge in [0, 0.05) is 16.6 Å². The Labute approximate surface area is 161 Å². The van der Waals surface area contributed by atoms with Crippen LogP contribution in [-0.4, -0.2) is 16.0 Å². The molecule has 1 aromatic heterocycles. The minimum Gasteiger partial charge on any atom is -0.308 e. The first-order valence-electron chi connectivity index (χ1n) is 8.33. The molecule has 0 unspecified atom stereocenters. The number of amides is 2. The van der Waals surface area contributed by atoms with Gasteiger partial charge in [-0.1, -0.05) is 54.1 Å². The molecule has 0 atom stereocenters. The molecule has 1 heterocycles. The molecule has 27 heavy (non-hydrogen) atoms. The number of rotatable bonds is 3. The maximum absolute atomic E-state index is 12.3. The van der Waals surface area contributed by atoms with Crippen LogP contribution in [-0.2, 0) is 0 Å². The molecule has 0 aliphatic rings. The standard InChI is InChI=1S/C21H15ClN4O/c22-17-9-2-4-11-19(17)26-21(27)25-15-7-5-6-14(12-15)20-16-8-1-3-10-18(16)23-13-24-20/h1-13H,(H2,25,26,27). The number of nitrogens with zero attached hydrogens (tertiary/aromatic N) is 2. The van der Waals surface area contributed by atoms with E-state index in [0.717, 1.165) is 22.2 Å². The van der Waals surface area contributed by atoms with Crippen LogP contribution in [0.25, 0.3) is 22.2 Å². The van der Waals surface area contributed by atoms with Gasteiger partial charge >= 0.3 is 6.03 Å². The molecular formula is C21H15ClN4O. The van der Waals surface area contributed by atoms with Crippen molar-refractivity contribution in [3.8, 4) is 11.3 Å². The maximum atomic E-state index is 12.3. The lowest BCUT2D eigenvalue weighted by Gasteiger charge is -2.10. The monoisotopic (exact) mass is 374 g/mol. The third kappa shape index (κ3) is 3.73. The normalized spacial score (nSPS) is 10.6. The van der Waals surface area contributed by atoms with Crippen molar-refractivity contribution >= 4 is 39.9 Å². The third-order valence-corrected chi connectivity index (χ3v) is 4.39. The predicted molar refractivity (Wildman–Crippen MR) is 109 cm³/mol. The number of para-hydroxylation sites is 2. The summed E-state index contributed by atoms with van der Waals surface area (Å²) >= 11 is 6.08. The molecule has 0 saturated heterocycles. The van der Waals surface area contributed by atoms with Gasteiger partial charge in [0.1, 0.15) is 6.33 Å². The average Bonchev–Trinajstić information content (AvgIpc) is 2.69. The van der Waals surface area contributed by atoms with E-state index < -0.39 is 0 Å². The largest absolute Gasteiger partial charge is 0.323 e. The number of carbonyl (C=O) groups is 1. The molecule has 0 bridgehead atoms. The van der Waals surface area contributed by atoms with E-state index >= 15 is 0 Å². The van der Waals surface area contributed by atoms with Crippen LogP contribution < -0.4 is 10.6 Å². The summed E-state index contributed by atoms with van der Waals surface area (Å²) in [5, 5.41) is 7.00. The van der Waals surface area contributed by atoms with Crippen LogP contribution >= 0.6 is 11.6 Å². The molecule has 2 amide bonds. The Balaban J connectivity index is 1.59. The summed E-state index contributed by atoms with van der Waals surface area (Å²) in [6, 6.07) is 22.0. The van der Waals surface area contributed by atoms with Crippen molar-refractivity contribution in [1.82, 2.24) is 9.97 Å². The molecule has 6 heteroatoms. The van der Waals surface area contributed by atoms with Crippen molar-refractivity contribution in [3.63, 3.8) is 0 Å². The SMILES string of the molecule is O=C(Nc1cccc(-c2ncnc3ccccc23)c1)Nc1ccccc1Cl. The highest BCUT2D eigenvalue weighted by Gasteiger charge is 2.09. The summed E-state index contributed by atoms with van der Waals surface area (Å²) < 4.78 is 0. The van der Waals surface area contributed by atoms with E-state index in [1.807, 2.05) is 54.6 Å². The van der Waals surface area contributed by atoms with Gasteiger partial charge in [-0.05, 0) is 30.3 Å². The summed E-state index contributed by atoms with van der Waals surface area (Å²) in [6.07, 6.45) is 1.54. The van der Waals surface area contributed by atoms with Gasteiger partial charge in [0.2, 0.25) is 0 Å². The summed E-state index contributed by atoms with van der Waals surface area (Å²) in [5.74, 6) is 0.